The van der Waals surface area contributed by atoms with Crippen LogP contribution in [0.15, 0.2) is 12.3 Å². The summed E-state index contributed by atoms with van der Waals surface area (Å²) in [6.07, 6.45) is 3.56. The molecule has 1 fully saturated rings. The molecule has 1 aliphatic carbocycles. The molecule has 0 spiro atoms. The van der Waals surface area contributed by atoms with E-state index in [1.54, 1.807) is 31.1 Å². The van der Waals surface area contributed by atoms with Crippen LogP contribution in [0.2, 0.25) is 0 Å². The second-order valence-corrected chi connectivity index (χ2v) is 3.70. The number of rotatable bonds is 4. The molecule has 1 saturated carbocycles. The minimum absolute atomic E-state index is 0.0509. The van der Waals surface area contributed by atoms with Gasteiger partial charge in [0.05, 0.1) is 0 Å². The van der Waals surface area contributed by atoms with Gasteiger partial charge in [-0.05, 0) is 24.8 Å². The monoisotopic (exact) mass is 194 g/mol. The minimum atomic E-state index is -0.273. The summed E-state index contributed by atoms with van der Waals surface area (Å²) in [6.45, 7) is 0. The highest BCUT2D eigenvalue weighted by Gasteiger charge is 2.37. The van der Waals surface area contributed by atoms with Gasteiger partial charge in [-0.25, -0.2) is 0 Å². The van der Waals surface area contributed by atoms with Crippen molar-refractivity contribution >= 4 is 5.78 Å². The van der Waals surface area contributed by atoms with Crippen molar-refractivity contribution in [3.05, 3.63) is 18.0 Å². The highest BCUT2D eigenvalue weighted by Crippen LogP contribution is 2.35. The number of hydrogen-bond acceptors (Lipinski definition) is 3. The molecule has 76 valence electrons. The Hall–Kier alpha value is -1.16. The van der Waals surface area contributed by atoms with Crippen LogP contribution in [0.25, 0.3) is 0 Å². The van der Waals surface area contributed by atoms with E-state index in [4.69, 9.17) is 4.74 Å². The van der Waals surface area contributed by atoms with Crippen molar-refractivity contribution in [1.29, 1.82) is 0 Å². The molecule has 1 atom stereocenters. The van der Waals surface area contributed by atoms with Crippen molar-refractivity contribution in [1.82, 2.24) is 9.78 Å². The average Bonchev–Trinajstić information content (AvgIpc) is 2.90. The first-order chi connectivity index (χ1) is 6.74. The van der Waals surface area contributed by atoms with Gasteiger partial charge in [-0.15, -0.1) is 0 Å². The van der Waals surface area contributed by atoms with Gasteiger partial charge in [0.2, 0.25) is 5.78 Å². The van der Waals surface area contributed by atoms with Crippen molar-refractivity contribution in [3.8, 4) is 0 Å². The van der Waals surface area contributed by atoms with E-state index in [1.165, 1.54) is 0 Å². The van der Waals surface area contributed by atoms with Crippen molar-refractivity contribution in [2.45, 2.75) is 18.9 Å². The Morgan fingerprint density at radius 3 is 2.86 bits per heavy atom. The molecule has 1 aliphatic rings. The van der Waals surface area contributed by atoms with Gasteiger partial charge in [0.15, 0.2) is 0 Å². The number of aryl methyl sites for hydroxylation is 1. The van der Waals surface area contributed by atoms with Gasteiger partial charge in [0.25, 0.3) is 0 Å². The standard InChI is InChI=1S/C10H14N2O2/c1-12-8(5-6-11-12)9(13)10(14-2)7-3-4-7/h5-7,10H,3-4H2,1-2H3. The van der Waals surface area contributed by atoms with Crippen LogP contribution < -0.4 is 0 Å². The second-order valence-electron chi connectivity index (χ2n) is 3.70. The molecule has 0 radical (unpaired) electrons. The summed E-state index contributed by atoms with van der Waals surface area (Å²) >= 11 is 0. The number of carbonyl (C=O) groups excluding carboxylic acids is 1. The lowest BCUT2D eigenvalue weighted by molar-refractivity contribution is 0.0530. The lowest BCUT2D eigenvalue weighted by Gasteiger charge is -2.12. The van der Waals surface area contributed by atoms with E-state index >= 15 is 0 Å². The Morgan fingerprint density at radius 1 is 1.71 bits per heavy atom. The normalized spacial score (nSPS) is 18.1. The van der Waals surface area contributed by atoms with Crippen molar-refractivity contribution in [2.75, 3.05) is 7.11 Å². The Kier molecular flexibility index (Phi) is 2.37. The largest absolute Gasteiger partial charge is 0.373 e. The first-order valence-corrected chi connectivity index (χ1v) is 4.79. The summed E-state index contributed by atoms with van der Waals surface area (Å²) in [7, 11) is 3.37. The molecule has 1 aromatic rings. The molecule has 1 heterocycles. The van der Waals surface area contributed by atoms with Gasteiger partial charge >= 0.3 is 0 Å². The van der Waals surface area contributed by atoms with Crippen LogP contribution in [0.3, 0.4) is 0 Å². The SMILES string of the molecule is COC(C(=O)c1ccnn1C)C1CC1. The zero-order valence-corrected chi connectivity index (χ0v) is 8.43. The summed E-state index contributed by atoms with van der Waals surface area (Å²) < 4.78 is 6.82. The molecule has 4 nitrogen and oxygen atoms in total. The Bertz CT molecular complexity index is 342. The maximum Gasteiger partial charge on any atom is 0.209 e. The van der Waals surface area contributed by atoms with E-state index in [-0.39, 0.29) is 11.9 Å². The van der Waals surface area contributed by atoms with E-state index in [9.17, 15) is 4.79 Å². The van der Waals surface area contributed by atoms with Crippen LogP contribution in [0, 0.1) is 5.92 Å². The van der Waals surface area contributed by atoms with Crippen molar-refractivity contribution < 1.29 is 9.53 Å². The summed E-state index contributed by atoms with van der Waals surface area (Å²) in [5, 5.41) is 3.97. The van der Waals surface area contributed by atoms with Gasteiger partial charge in [-0.1, -0.05) is 0 Å². The highest BCUT2D eigenvalue weighted by molar-refractivity contribution is 5.98. The topological polar surface area (TPSA) is 44.1 Å². The van der Waals surface area contributed by atoms with E-state index in [0.29, 0.717) is 11.6 Å². The predicted molar refractivity (Wildman–Crippen MR) is 51.1 cm³/mol. The number of carbonyl (C=O) groups is 1. The van der Waals surface area contributed by atoms with Crippen LogP contribution in [-0.4, -0.2) is 28.8 Å². The maximum atomic E-state index is 12.0. The number of ketones is 1. The summed E-state index contributed by atoms with van der Waals surface area (Å²) in [5.74, 6) is 0.470. The predicted octanol–water partition coefficient (Wildman–Crippen LogP) is 1.03. The van der Waals surface area contributed by atoms with Crippen LogP contribution in [0.5, 0.6) is 0 Å². The van der Waals surface area contributed by atoms with Gasteiger partial charge in [-0.2, -0.15) is 5.10 Å². The first kappa shape index (κ1) is 9.40. The molecule has 4 heteroatoms. The summed E-state index contributed by atoms with van der Waals surface area (Å²) in [5.41, 5.74) is 0.628. The quantitative estimate of drug-likeness (QED) is 0.672. The average molecular weight is 194 g/mol. The number of Topliss-reactive ketones (excluding diaryl/α,β-unsaturated/α-hetero) is 1. The third-order valence-electron chi connectivity index (χ3n) is 2.64. The molecule has 1 unspecified atom stereocenters. The first-order valence-electron chi connectivity index (χ1n) is 4.79. The lowest BCUT2D eigenvalue weighted by atomic mass is 10.1. The van der Waals surface area contributed by atoms with E-state index in [1.807, 2.05) is 0 Å². The van der Waals surface area contributed by atoms with Crippen molar-refractivity contribution in [2.24, 2.45) is 13.0 Å². The number of ether oxygens (including phenoxy) is 1. The Labute approximate surface area is 82.9 Å². The fraction of sp³-hybridized carbons (Fsp3) is 0.600. The van der Waals surface area contributed by atoms with E-state index < -0.39 is 0 Å². The van der Waals surface area contributed by atoms with E-state index in [2.05, 4.69) is 5.10 Å². The van der Waals surface area contributed by atoms with Crippen LogP contribution >= 0.6 is 0 Å². The second kappa shape index (κ2) is 3.53. The van der Waals surface area contributed by atoms with Gasteiger partial charge < -0.3 is 4.74 Å². The van der Waals surface area contributed by atoms with Crippen LogP contribution in [0.1, 0.15) is 23.3 Å². The Balaban J connectivity index is 2.17. The third kappa shape index (κ3) is 1.57. The van der Waals surface area contributed by atoms with Crippen LogP contribution in [0.4, 0.5) is 0 Å². The third-order valence-corrected chi connectivity index (χ3v) is 2.64. The molecular weight excluding hydrogens is 180 g/mol. The molecule has 0 N–H and O–H groups in total. The van der Waals surface area contributed by atoms with Gasteiger partial charge in [-0.3, -0.25) is 9.48 Å². The summed E-state index contributed by atoms with van der Waals surface area (Å²) in [6, 6.07) is 1.73. The zero-order valence-electron chi connectivity index (χ0n) is 8.43. The van der Waals surface area contributed by atoms with Gasteiger partial charge in [0, 0.05) is 20.4 Å². The number of methoxy groups -OCH3 is 1. The summed E-state index contributed by atoms with van der Waals surface area (Å²) in [4.78, 5) is 12.0. The molecule has 0 amide bonds. The minimum Gasteiger partial charge on any atom is -0.373 e. The Morgan fingerprint density at radius 2 is 2.43 bits per heavy atom. The zero-order chi connectivity index (χ0) is 10.1. The number of nitrogens with zero attached hydrogens (tertiary/aromatic N) is 2. The smallest absolute Gasteiger partial charge is 0.209 e. The molecule has 0 aliphatic heterocycles. The molecular formula is C10H14N2O2. The van der Waals surface area contributed by atoms with E-state index in [0.717, 1.165) is 12.8 Å². The van der Waals surface area contributed by atoms with Crippen LogP contribution in [-0.2, 0) is 11.8 Å². The van der Waals surface area contributed by atoms with Crippen molar-refractivity contribution in [3.63, 3.8) is 0 Å². The lowest BCUT2D eigenvalue weighted by Crippen LogP contribution is -2.27. The molecule has 1 aromatic heterocycles. The van der Waals surface area contributed by atoms with Gasteiger partial charge in [0.1, 0.15) is 11.8 Å². The maximum absolute atomic E-state index is 12.0. The number of hydrogen-bond donors (Lipinski definition) is 0. The molecule has 0 saturated heterocycles. The highest BCUT2D eigenvalue weighted by atomic mass is 16.5. The molecule has 0 aromatic carbocycles. The molecule has 2 rings (SSSR count). The fourth-order valence-electron chi connectivity index (χ4n) is 1.67. The number of aromatic nitrogens is 2. The fourth-order valence-corrected chi connectivity index (χ4v) is 1.67. The molecule has 0 bridgehead atoms. The molecule has 14 heavy (non-hydrogen) atoms.